The maximum absolute atomic E-state index is 13.1. The summed E-state index contributed by atoms with van der Waals surface area (Å²) in [6, 6.07) is 7.70. The van der Waals surface area contributed by atoms with Crippen molar-refractivity contribution in [3.05, 3.63) is 47.8 Å². The van der Waals surface area contributed by atoms with Crippen LogP contribution >= 0.6 is 0 Å². The van der Waals surface area contributed by atoms with Crippen molar-refractivity contribution < 1.29 is 14.0 Å². The molecule has 0 bridgehead atoms. The van der Waals surface area contributed by atoms with E-state index < -0.39 is 0 Å². The number of oxazole rings is 1. The Kier molecular flexibility index (Phi) is 4.39. The fourth-order valence-corrected chi connectivity index (χ4v) is 3.51. The summed E-state index contributed by atoms with van der Waals surface area (Å²) < 4.78 is 6.86. The molecule has 8 heteroatoms. The molecule has 0 spiro atoms. The molecule has 2 aromatic heterocycles. The van der Waals surface area contributed by atoms with Crippen molar-refractivity contribution in [1.82, 2.24) is 24.6 Å². The van der Waals surface area contributed by atoms with Gasteiger partial charge >= 0.3 is 0 Å². The number of hydrogen-bond acceptors (Lipinski definition) is 5. The molecule has 1 saturated heterocycles. The van der Waals surface area contributed by atoms with Gasteiger partial charge in [0.25, 0.3) is 11.8 Å². The number of aromatic nitrogens is 3. The molecule has 3 aromatic rings. The highest BCUT2D eigenvalue weighted by atomic mass is 16.3. The van der Waals surface area contributed by atoms with Crippen LogP contribution in [0.3, 0.4) is 0 Å². The van der Waals surface area contributed by atoms with E-state index in [1.54, 1.807) is 21.4 Å². The lowest BCUT2D eigenvalue weighted by Gasteiger charge is -2.21. The topological polar surface area (TPSA) is 84.5 Å². The summed E-state index contributed by atoms with van der Waals surface area (Å²) in [5.41, 5.74) is 1.72. The predicted molar refractivity (Wildman–Crippen MR) is 98.4 cm³/mol. The molecule has 1 aliphatic rings. The SMILES string of the molecule is Cc1ocnc1C(=O)N1CCCN(C(=O)c2nn(C)c3ccccc23)CC1. The maximum atomic E-state index is 13.1. The van der Waals surface area contributed by atoms with Crippen LogP contribution in [0, 0.1) is 6.92 Å². The Labute approximate surface area is 156 Å². The first-order valence-electron chi connectivity index (χ1n) is 8.96. The molecule has 140 valence electrons. The van der Waals surface area contributed by atoms with Crippen LogP contribution in [0.25, 0.3) is 10.9 Å². The van der Waals surface area contributed by atoms with Crippen LogP contribution in [0.5, 0.6) is 0 Å². The van der Waals surface area contributed by atoms with E-state index in [0.29, 0.717) is 49.7 Å². The second kappa shape index (κ2) is 6.86. The smallest absolute Gasteiger partial charge is 0.276 e. The van der Waals surface area contributed by atoms with Gasteiger partial charge in [-0.15, -0.1) is 0 Å². The summed E-state index contributed by atoms with van der Waals surface area (Å²) in [4.78, 5) is 33.2. The van der Waals surface area contributed by atoms with E-state index in [0.717, 1.165) is 10.9 Å². The van der Waals surface area contributed by atoms with E-state index in [-0.39, 0.29) is 11.8 Å². The lowest BCUT2D eigenvalue weighted by molar-refractivity contribution is 0.0712. The Morgan fingerprint density at radius 2 is 1.67 bits per heavy atom. The molecule has 0 N–H and O–H groups in total. The van der Waals surface area contributed by atoms with Gasteiger partial charge < -0.3 is 14.2 Å². The molecule has 0 atom stereocenters. The van der Waals surface area contributed by atoms with Gasteiger partial charge in [0.2, 0.25) is 0 Å². The first-order valence-corrected chi connectivity index (χ1v) is 8.96. The summed E-state index contributed by atoms with van der Waals surface area (Å²) in [5, 5.41) is 5.27. The largest absolute Gasteiger partial charge is 0.448 e. The standard InChI is InChI=1S/C19H21N5O3/c1-13-16(20-12-27-13)18(25)23-8-5-9-24(11-10-23)19(26)17-14-6-3-4-7-15(14)22(2)21-17/h3-4,6-7,12H,5,8-11H2,1-2H3. The summed E-state index contributed by atoms with van der Waals surface area (Å²) >= 11 is 0. The van der Waals surface area contributed by atoms with Crippen LogP contribution < -0.4 is 0 Å². The van der Waals surface area contributed by atoms with Gasteiger partial charge in [0.15, 0.2) is 17.8 Å². The van der Waals surface area contributed by atoms with E-state index in [1.807, 2.05) is 31.3 Å². The lowest BCUT2D eigenvalue weighted by Crippen LogP contribution is -2.37. The molecule has 0 saturated carbocycles. The predicted octanol–water partition coefficient (Wildman–Crippen LogP) is 1.86. The number of nitrogens with zero attached hydrogens (tertiary/aromatic N) is 5. The van der Waals surface area contributed by atoms with Crippen molar-refractivity contribution in [2.24, 2.45) is 7.05 Å². The molecule has 1 aliphatic heterocycles. The van der Waals surface area contributed by atoms with E-state index in [9.17, 15) is 9.59 Å². The number of carbonyl (C=O) groups excluding carboxylic acids is 2. The second-order valence-corrected chi connectivity index (χ2v) is 6.68. The van der Waals surface area contributed by atoms with Gasteiger partial charge in [0.1, 0.15) is 5.76 Å². The highest BCUT2D eigenvalue weighted by molar-refractivity contribution is 6.04. The Balaban J connectivity index is 1.52. The van der Waals surface area contributed by atoms with Crippen LogP contribution in [0.15, 0.2) is 35.1 Å². The minimum absolute atomic E-state index is 0.0984. The number of aryl methyl sites for hydroxylation is 2. The summed E-state index contributed by atoms with van der Waals surface area (Å²) in [6.07, 6.45) is 1.99. The molecule has 2 amide bonds. The maximum Gasteiger partial charge on any atom is 0.276 e. The second-order valence-electron chi connectivity index (χ2n) is 6.68. The van der Waals surface area contributed by atoms with Crippen molar-refractivity contribution in [3.63, 3.8) is 0 Å². The third-order valence-electron chi connectivity index (χ3n) is 4.98. The van der Waals surface area contributed by atoms with Crippen molar-refractivity contribution >= 4 is 22.7 Å². The van der Waals surface area contributed by atoms with Gasteiger partial charge in [0.05, 0.1) is 5.52 Å². The molecule has 4 rings (SSSR count). The van der Waals surface area contributed by atoms with Crippen molar-refractivity contribution in [2.45, 2.75) is 13.3 Å². The number of para-hydroxylation sites is 1. The Morgan fingerprint density at radius 3 is 2.33 bits per heavy atom. The third-order valence-corrected chi connectivity index (χ3v) is 4.98. The molecule has 0 unspecified atom stereocenters. The Morgan fingerprint density at radius 1 is 1.00 bits per heavy atom. The van der Waals surface area contributed by atoms with Crippen LogP contribution in [0.4, 0.5) is 0 Å². The number of benzene rings is 1. The van der Waals surface area contributed by atoms with Gasteiger partial charge in [-0.3, -0.25) is 14.3 Å². The molecular weight excluding hydrogens is 346 g/mol. The lowest BCUT2D eigenvalue weighted by atomic mass is 10.2. The summed E-state index contributed by atoms with van der Waals surface area (Å²) in [7, 11) is 1.84. The highest BCUT2D eigenvalue weighted by Gasteiger charge is 2.27. The zero-order valence-corrected chi connectivity index (χ0v) is 15.4. The Bertz CT molecular complexity index is 1010. The molecule has 1 fully saturated rings. The van der Waals surface area contributed by atoms with Gasteiger partial charge in [-0.05, 0) is 19.4 Å². The van der Waals surface area contributed by atoms with Crippen LogP contribution in [-0.4, -0.2) is 62.6 Å². The van der Waals surface area contributed by atoms with Crippen LogP contribution in [0.1, 0.15) is 33.2 Å². The Hall–Kier alpha value is -3.16. The summed E-state index contributed by atoms with van der Waals surface area (Å²) in [5.74, 6) is 0.259. The molecular formula is C19H21N5O3. The average molecular weight is 367 g/mol. The van der Waals surface area contributed by atoms with E-state index in [2.05, 4.69) is 10.1 Å². The van der Waals surface area contributed by atoms with Crippen LogP contribution in [0.2, 0.25) is 0 Å². The van der Waals surface area contributed by atoms with E-state index in [1.165, 1.54) is 6.39 Å². The van der Waals surface area contributed by atoms with Crippen molar-refractivity contribution in [2.75, 3.05) is 26.2 Å². The molecule has 0 aliphatic carbocycles. The number of amides is 2. The first kappa shape index (κ1) is 17.3. The zero-order valence-electron chi connectivity index (χ0n) is 15.4. The summed E-state index contributed by atoms with van der Waals surface area (Å²) in [6.45, 7) is 3.82. The number of carbonyl (C=O) groups is 2. The zero-order chi connectivity index (χ0) is 19.0. The molecule has 1 aromatic carbocycles. The van der Waals surface area contributed by atoms with Gasteiger partial charge in [-0.1, -0.05) is 18.2 Å². The number of hydrogen-bond donors (Lipinski definition) is 0. The number of rotatable bonds is 2. The fraction of sp³-hybridized carbons (Fsp3) is 0.368. The van der Waals surface area contributed by atoms with E-state index >= 15 is 0 Å². The number of fused-ring (bicyclic) bond motifs is 1. The van der Waals surface area contributed by atoms with Gasteiger partial charge in [-0.2, -0.15) is 5.10 Å². The van der Waals surface area contributed by atoms with Gasteiger partial charge in [0, 0.05) is 38.6 Å². The third kappa shape index (κ3) is 3.07. The average Bonchev–Trinajstić information content (AvgIpc) is 3.15. The highest BCUT2D eigenvalue weighted by Crippen LogP contribution is 2.20. The quantitative estimate of drug-likeness (QED) is 0.690. The van der Waals surface area contributed by atoms with Crippen molar-refractivity contribution in [1.29, 1.82) is 0 Å². The van der Waals surface area contributed by atoms with E-state index in [4.69, 9.17) is 4.42 Å². The minimum atomic E-state index is -0.154. The minimum Gasteiger partial charge on any atom is -0.448 e. The van der Waals surface area contributed by atoms with Gasteiger partial charge in [-0.25, -0.2) is 4.98 Å². The molecule has 8 nitrogen and oxygen atoms in total. The van der Waals surface area contributed by atoms with Crippen molar-refractivity contribution in [3.8, 4) is 0 Å². The van der Waals surface area contributed by atoms with Crippen LogP contribution in [-0.2, 0) is 7.05 Å². The fourth-order valence-electron chi connectivity index (χ4n) is 3.51. The monoisotopic (exact) mass is 367 g/mol. The molecule has 3 heterocycles. The first-order chi connectivity index (χ1) is 13.1. The normalized spacial score (nSPS) is 15.2. The molecule has 27 heavy (non-hydrogen) atoms. The molecule has 0 radical (unpaired) electrons.